The van der Waals surface area contributed by atoms with Crippen molar-refractivity contribution >= 4 is 40.7 Å². The van der Waals surface area contributed by atoms with Gasteiger partial charge in [-0.25, -0.2) is 0 Å². The SMILES string of the molecule is COCCCN(Cc1cccn1Cc1ccccc1Cl)C(=O)c1ccc(Cl)c(Cl)c1. The summed E-state index contributed by atoms with van der Waals surface area (Å²) in [5, 5.41) is 1.51. The average Bonchev–Trinajstić information content (AvgIpc) is 3.17. The van der Waals surface area contributed by atoms with E-state index in [0.29, 0.717) is 41.8 Å². The van der Waals surface area contributed by atoms with Crippen LogP contribution in [0.3, 0.4) is 0 Å². The number of hydrogen-bond acceptors (Lipinski definition) is 2. The molecule has 0 aliphatic heterocycles. The first-order valence-electron chi connectivity index (χ1n) is 9.60. The molecule has 0 radical (unpaired) electrons. The molecule has 0 aliphatic rings. The molecule has 7 heteroatoms. The third-order valence-electron chi connectivity index (χ3n) is 4.81. The van der Waals surface area contributed by atoms with Crippen LogP contribution >= 0.6 is 34.8 Å². The van der Waals surface area contributed by atoms with Crippen molar-refractivity contribution in [3.8, 4) is 0 Å². The standard InChI is InChI=1S/C23H23Cl3N2O2/c1-30-13-5-12-28(23(29)17-9-10-21(25)22(26)14-17)16-19-7-4-11-27(19)15-18-6-2-3-8-20(18)24/h2-4,6-11,14H,5,12-13,15-16H2,1H3. The minimum Gasteiger partial charge on any atom is -0.385 e. The Morgan fingerprint density at radius 2 is 1.80 bits per heavy atom. The highest BCUT2D eigenvalue weighted by atomic mass is 35.5. The topological polar surface area (TPSA) is 34.5 Å². The fourth-order valence-electron chi connectivity index (χ4n) is 3.22. The summed E-state index contributed by atoms with van der Waals surface area (Å²) in [5.41, 5.74) is 2.55. The maximum Gasteiger partial charge on any atom is 0.254 e. The number of carbonyl (C=O) groups excluding carboxylic acids is 1. The summed E-state index contributed by atoms with van der Waals surface area (Å²) in [6.45, 7) is 2.23. The van der Waals surface area contributed by atoms with E-state index in [9.17, 15) is 4.79 Å². The number of rotatable bonds is 9. The Morgan fingerprint density at radius 3 is 2.53 bits per heavy atom. The number of methoxy groups -OCH3 is 1. The van der Waals surface area contributed by atoms with E-state index in [4.69, 9.17) is 39.5 Å². The first kappa shape index (κ1) is 22.7. The zero-order chi connectivity index (χ0) is 21.5. The van der Waals surface area contributed by atoms with Gasteiger partial charge in [0.15, 0.2) is 0 Å². The Balaban J connectivity index is 1.81. The van der Waals surface area contributed by atoms with Gasteiger partial charge >= 0.3 is 0 Å². The number of nitrogens with zero attached hydrogens (tertiary/aromatic N) is 2. The lowest BCUT2D eigenvalue weighted by Gasteiger charge is -2.24. The number of aromatic nitrogens is 1. The molecule has 0 saturated heterocycles. The molecular weight excluding hydrogens is 443 g/mol. The number of amides is 1. The Hall–Kier alpha value is -1.98. The van der Waals surface area contributed by atoms with Gasteiger partial charge in [0.1, 0.15) is 0 Å². The molecule has 1 amide bonds. The van der Waals surface area contributed by atoms with Gasteiger partial charge in [-0.3, -0.25) is 4.79 Å². The molecular formula is C23H23Cl3N2O2. The largest absolute Gasteiger partial charge is 0.385 e. The molecule has 3 rings (SSSR count). The second kappa shape index (κ2) is 10.9. The van der Waals surface area contributed by atoms with E-state index in [-0.39, 0.29) is 5.91 Å². The van der Waals surface area contributed by atoms with E-state index >= 15 is 0 Å². The van der Waals surface area contributed by atoms with E-state index in [1.54, 1.807) is 30.2 Å². The summed E-state index contributed by atoms with van der Waals surface area (Å²) in [6, 6.07) is 16.7. The smallest absolute Gasteiger partial charge is 0.254 e. The van der Waals surface area contributed by atoms with Crippen LogP contribution in [0.2, 0.25) is 15.1 Å². The summed E-state index contributed by atoms with van der Waals surface area (Å²) in [5.74, 6) is -0.102. The molecule has 3 aromatic rings. The van der Waals surface area contributed by atoms with Crippen LogP contribution in [0.4, 0.5) is 0 Å². The number of halogens is 3. The molecule has 0 N–H and O–H groups in total. The quantitative estimate of drug-likeness (QED) is 0.354. The fraction of sp³-hybridized carbons (Fsp3) is 0.261. The highest BCUT2D eigenvalue weighted by Crippen LogP contribution is 2.24. The van der Waals surface area contributed by atoms with Crippen LogP contribution in [0, 0.1) is 0 Å². The van der Waals surface area contributed by atoms with Gasteiger partial charge < -0.3 is 14.2 Å². The second-order valence-electron chi connectivity index (χ2n) is 6.92. The summed E-state index contributed by atoms with van der Waals surface area (Å²) in [6.07, 6.45) is 2.73. The summed E-state index contributed by atoms with van der Waals surface area (Å²) < 4.78 is 7.27. The maximum absolute atomic E-state index is 13.2. The van der Waals surface area contributed by atoms with Gasteiger partial charge in [0.2, 0.25) is 0 Å². The monoisotopic (exact) mass is 464 g/mol. The average molecular weight is 466 g/mol. The van der Waals surface area contributed by atoms with Crippen molar-refractivity contribution < 1.29 is 9.53 Å². The zero-order valence-corrected chi connectivity index (χ0v) is 18.9. The van der Waals surface area contributed by atoms with Crippen LogP contribution in [0.25, 0.3) is 0 Å². The molecule has 30 heavy (non-hydrogen) atoms. The lowest BCUT2D eigenvalue weighted by molar-refractivity contribution is 0.0720. The van der Waals surface area contributed by atoms with E-state index in [1.165, 1.54) is 0 Å². The van der Waals surface area contributed by atoms with Crippen LogP contribution in [0.1, 0.15) is 28.0 Å². The van der Waals surface area contributed by atoms with Crippen molar-refractivity contribution in [3.05, 3.63) is 92.7 Å². The highest BCUT2D eigenvalue weighted by Gasteiger charge is 2.18. The normalized spacial score (nSPS) is 10.9. The van der Waals surface area contributed by atoms with Gasteiger partial charge in [-0.05, 0) is 48.4 Å². The third kappa shape index (κ3) is 5.79. The molecule has 0 spiro atoms. The third-order valence-corrected chi connectivity index (χ3v) is 5.91. The van der Waals surface area contributed by atoms with Gasteiger partial charge in [0.25, 0.3) is 5.91 Å². The van der Waals surface area contributed by atoms with Gasteiger partial charge in [0.05, 0.1) is 16.6 Å². The van der Waals surface area contributed by atoms with Gasteiger partial charge in [-0.2, -0.15) is 0 Å². The Kier molecular flexibility index (Phi) is 8.23. The molecule has 0 fully saturated rings. The second-order valence-corrected chi connectivity index (χ2v) is 8.14. The maximum atomic E-state index is 13.2. The van der Waals surface area contributed by atoms with Crippen LogP contribution in [0.5, 0.6) is 0 Å². The highest BCUT2D eigenvalue weighted by molar-refractivity contribution is 6.42. The van der Waals surface area contributed by atoms with E-state index < -0.39 is 0 Å². The Labute approximate surface area is 191 Å². The number of hydrogen-bond donors (Lipinski definition) is 0. The molecule has 2 aromatic carbocycles. The van der Waals surface area contributed by atoms with Crippen LogP contribution < -0.4 is 0 Å². The lowest BCUT2D eigenvalue weighted by atomic mass is 10.2. The van der Waals surface area contributed by atoms with Crippen LogP contribution in [-0.2, 0) is 17.8 Å². The van der Waals surface area contributed by atoms with E-state index in [0.717, 1.165) is 22.7 Å². The molecule has 0 bridgehead atoms. The number of ether oxygens (including phenoxy) is 1. The van der Waals surface area contributed by atoms with E-state index in [1.807, 2.05) is 42.6 Å². The van der Waals surface area contributed by atoms with Gasteiger partial charge in [0, 0.05) is 49.3 Å². The summed E-state index contributed by atoms with van der Waals surface area (Å²) in [4.78, 5) is 15.0. The number of benzene rings is 2. The summed E-state index contributed by atoms with van der Waals surface area (Å²) >= 11 is 18.5. The minimum absolute atomic E-state index is 0.102. The first-order chi connectivity index (χ1) is 14.5. The number of carbonyl (C=O) groups is 1. The first-order valence-corrected chi connectivity index (χ1v) is 10.7. The molecule has 0 unspecified atom stereocenters. The van der Waals surface area contributed by atoms with Crippen molar-refractivity contribution in [1.82, 2.24) is 9.47 Å². The predicted octanol–water partition coefficient (Wildman–Crippen LogP) is 6.18. The summed E-state index contributed by atoms with van der Waals surface area (Å²) in [7, 11) is 1.65. The van der Waals surface area contributed by atoms with Crippen molar-refractivity contribution in [1.29, 1.82) is 0 Å². The van der Waals surface area contributed by atoms with Crippen LogP contribution in [-0.4, -0.2) is 35.6 Å². The molecule has 0 saturated carbocycles. The Bertz CT molecular complexity index is 1000. The predicted molar refractivity (Wildman–Crippen MR) is 123 cm³/mol. The molecule has 0 aliphatic carbocycles. The van der Waals surface area contributed by atoms with E-state index in [2.05, 4.69) is 4.57 Å². The molecule has 4 nitrogen and oxygen atoms in total. The Morgan fingerprint density at radius 1 is 1.00 bits per heavy atom. The van der Waals surface area contributed by atoms with Crippen molar-refractivity contribution in [2.24, 2.45) is 0 Å². The molecule has 1 aromatic heterocycles. The van der Waals surface area contributed by atoms with Crippen molar-refractivity contribution in [2.75, 3.05) is 20.3 Å². The van der Waals surface area contributed by atoms with Gasteiger partial charge in [-0.15, -0.1) is 0 Å². The molecule has 0 atom stereocenters. The molecule has 1 heterocycles. The van der Waals surface area contributed by atoms with Crippen molar-refractivity contribution in [2.45, 2.75) is 19.5 Å². The van der Waals surface area contributed by atoms with Crippen LogP contribution in [0.15, 0.2) is 60.8 Å². The van der Waals surface area contributed by atoms with Crippen molar-refractivity contribution in [3.63, 3.8) is 0 Å². The lowest BCUT2D eigenvalue weighted by Crippen LogP contribution is -2.33. The fourth-order valence-corrected chi connectivity index (χ4v) is 3.71. The molecule has 158 valence electrons. The van der Waals surface area contributed by atoms with Gasteiger partial charge in [-0.1, -0.05) is 53.0 Å². The zero-order valence-electron chi connectivity index (χ0n) is 16.7. The minimum atomic E-state index is -0.102.